The van der Waals surface area contributed by atoms with Crippen molar-refractivity contribution in [2.75, 3.05) is 6.54 Å². The van der Waals surface area contributed by atoms with Crippen molar-refractivity contribution in [1.29, 1.82) is 0 Å². The summed E-state index contributed by atoms with van der Waals surface area (Å²) in [6.45, 7) is 6.77. The Morgan fingerprint density at radius 3 is 3.21 bits per heavy atom. The van der Waals surface area contributed by atoms with E-state index in [1.165, 1.54) is 0 Å². The summed E-state index contributed by atoms with van der Waals surface area (Å²) in [6.07, 6.45) is 4.66. The van der Waals surface area contributed by atoms with Crippen LogP contribution in [0.25, 0.3) is 0 Å². The molecule has 1 aliphatic heterocycles. The van der Waals surface area contributed by atoms with Crippen molar-refractivity contribution in [2.24, 2.45) is 0 Å². The molecule has 4 nitrogen and oxygen atoms in total. The molecule has 14 heavy (non-hydrogen) atoms. The zero-order valence-corrected chi connectivity index (χ0v) is 8.42. The third-order valence-corrected chi connectivity index (χ3v) is 2.64. The summed E-state index contributed by atoms with van der Waals surface area (Å²) in [5.74, 6) is 1.41. The molecule has 0 bridgehead atoms. The van der Waals surface area contributed by atoms with E-state index in [1.807, 2.05) is 0 Å². The van der Waals surface area contributed by atoms with Gasteiger partial charge in [0, 0.05) is 6.42 Å². The van der Waals surface area contributed by atoms with Crippen molar-refractivity contribution >= 4 is 0 Å². The summed E-state index contributed by atoms with van der Waals surface area (Å²) in [6, 6.07) is 0. The second kappa shape index (κ2) is 3.53. The molecular formula is C10H15N3O. The molecule has 2 rings (SSSR count). The smallest absolute Gasteiger partial charge is 0.246 e. The molecule has 4 heteroatoms. The van der Waals surface area contributed by atoms with Crippen molar-refractivity contribution in [1.82, 2.24) is 15.5 Å². The van der Waals surface area contributed by atoms with Gasteiger partial charge in [0.1, 0.15) is 0 Å². The van der Waals surface area contributed by atoms with Gasteiger partial charge in [0.25, 0.3) is 0 Å². The highest BCUT2D eigenvalue weighted by Crippen LogP contribution is 2.28. The van der Waals surface area contributed by atoms with Crippen LogP contribution in [0.15, 0.2) is 17.2 Å². The molecule has 2 heterocycles. The summed E-state index contributed by atoms with van der Waals surface area (Å²) in [5.41, 5.74) is -0.119. The third-order valence-electron chi connectivity index (χ3n) is 2.64. The first-order valence-electron chi connectivity index (χ1n) is 4.93. The molecule has 1 aliphatic rings. The number of rotatable bonds is 3. The molecular weight excluding hydrogens is 178 g/mol. The summed E-state index contributed by atoms with van der Waals surface area (Å²) >= 11 is 0. The van der Waals surface area contributed by atoms with Gasteiger partial charge >= 0.3 is 0 Å². The van der Waals surface area contributed by atoms with E-state index in [-0.39, 0.29) is 5.54 Å². The molecule has 1 atom stereocenters. The molecule has 0 aromatic carbocycles. The Labute approximate surface area is 83.4 Å². The van der Waals surface area contributed by atoms with Crippen molar-refractivity contribution in [3.05, 3.63) is 24.4 Å². The predicted octanol–water partition coefficient (Wildman–Crippen LogP) is 1.40. The Hall–Kier alpha value is -1.16. The standard InChI is InChI=1S/C10H15N3O/c1-3-5-8-12-9(14-13-8)10(2)6-4-7-11-10/h3,11H,1,4-7H2,2H3. The molecule has 0 radical (unpaired) electrons. The van der Waals surface area contributed by atoms with Gasteiger partial charge in [-0.25, -0.2) is 0 Å². The molecule has 0 aliphatic carbocycles. The third kappa shape index (κ3) is 1.57. The van der Waals surface area contributed by atoms with Gasteiger partial charge in [-0.05, 0) is 26.3 Å². The fraction of sp³-hybridized carbons (Fsp3) is 0.600. The summed E-state index contributed by atoms with van der Waals surface area (Å²) in [5, 5.41) is 7.28. The molecule has 0 saturated carbocycles. The lowest BCUT2D eigenvalue weighted by Gasteiger charge is -2.18. The maximum atomic E-state index is 5.23. The first-order valence-corrected chi connectivity index (χ1v) is 4.93. The highest BCUT2D eigenvalue weighted by Gasteiger charge is 2.35. The molecule has 1 N–H and O–H groups in total. The molecule has 1 aromatic rings. The monoisotopic (exact) mass is 193 g/mol. The van der Waals surface area contributed by atoms with E-state index in [1.54, 1.807) is 6.08 Å². The predicted molar refractivity (Wildman–Crippen MR) is 52.8 cm³/mol. The SMILES string of the molecule is C=CCc1noc(C2(C)CCCN2)n1. The summed E-state index contributed by atoms with van der Waals surface area (Å²) in [4.78, 5) is 4.34. The van der Waals surface area contributed by atoms with Gasteiger partial charge in [0.15, 0.2) is 5.82 Å². The Bertz CT molecular complexity index is 326. The van der Waals surface area contributed by atoms with Crippen LogP contribution in [-0.2, 0) is 12.0 Å². The van der Waals surface area contributed by atoms with E-state index in [9.17, 15) is 0 Å². The zero-order chi connectivity index (χ0) is 10.0. The van der Waals surface area contributed by atoms with Gasteiger partial charge in [-0.2, -0.15) is 4.98 Å². The topological polar surface area (TPSA) is 51.0 Å². The summed E-state index contributed by atoms with van der Waals surface area (Å²) < 4.78 is 5.23. The second-order valence-corrected chi connectivity index (χ2v) is 3.87. The van der Waals surface area contributed by atoms with Crippen molar-refractivity contribution < 1.29 is 4.52 Å². The van der Waals surface area contributed by atoms with Crippen LogP contribution < -0.4 is 5.32 Å². The maximum absolute atomic E-state index is 5.23. The van der Waals surface area contributed by atoms with Gasteiger partial charge in [0.2, 0.25) is 5.89 Å². The van der Waals surface area contributed by atoms with Crippen LogP contribution in [0.4, 0.5) is 0 Å². The van der Waals surface area contributed by atoms with Crippen LogP contribution in [0.3, 0.4) is 0 Å². The first kappa shape index (κ1) is 9.40. The van der Waals surface area contributed by atoms with Gasteiger partial charge in [-0.15, -0.1) is 6.58 Å². The van der Waals surface area contributed by atoms with Gasteiger partial charge in [-0.1, -0.05) is 11.2 Å². The van der Waals surface area contributed by atoms with Crippen molar-refractivity contribution in [2.45, 2.75) is 31.7 Å². The summed E-state index contributed by atoms with van der Waals surface area (Å²) in [7, 11) is 0. The van der Waals surface area contributed by atoms with E-state index >= 15 is 0 Å². The highest BCUT2D eigenvalue weighted by molar-refractivity contribution is 5.05. The number of hydrogen-bond acceptors (Lipinski definition) is 4. The number of nitrogens with one attached hydrogen (secondary N) is 1. The lowest BCUT2D eigenvalue weighted by Crippen LogP contribution is -2.33. The molecule has 1 unspecified atom stereocenters. The van der Waals surface area contributed by atoms with Crippen molar-refractivity contribution in [3.8, 4) is 0 Å². The maximum Gasteiger partial charge on any atom is 0.246 e. The Kier molecular flexibility index (Phi) is 2.37. The zero-order valence-electron chi connectivity index (χ0n) is 8.42. The fourth-order valence-electron chi connectivity index (χ4n) is 1.77. The van der Waals surface area contributed by atoms with Crippen LogP contribution in [0.5, 0.6) is 0 Å². The second-order valence-electron chi connectivity index (χ2n) is 3.87. The first-order chi connectivity index (χ1) is 6.74. The Balaban J connectivity index is 2.19. The van der Waals surface area contributed by atoms with Crippen LogP contribution in [-0.4, -0.2) is 16.7 Å². The van der Waals surface area contributed by atoms with Crippen LogP contribution in [0, 0.1) is 0 Å². The minimum atomic E-state index is -0.119. The normalized spacial score (nSPS) is 26.6. The van der Waals surface area contributed by atoms with E-state index in [4.69, 9.17) is 4.52 Å². The number of aromatic nitrogens is 2. The molecule has 0 amide bonds. The van der Waals surface area contributed by atoms with Crippen LogP contribution >= 0.6 is 0 Å². The lowest BCUT2D eigenvalue weighted by molar-refractivity contribution is 0.274. The average molecular weight is 193 g/mol. The fourth-order valence-corrected chi connectivity index (χ4v) is 1.77. The Morgan fingerprint density at radius 1 is 1.71 bits per heavy atom. The number of nitrogens with zero attached hydrogens (tertiary/aromatic N) is 2. The number of allylic oxidation sites excluding steroid dienone is 1. The average Bonchev–Trinajstić information content (AvgIpc) is 2.75. The molecule has 0 spiro atoms. The van der Waals surface area contributed by atoms with E-state index < -0.39 is 0 Å². The van der Waals surface area contributed by atoms with Gasteiger partial charge in [0.05, 0.1) is 5.54 Å². The van der Waals surface area contributed by atoms with E-state index in [0.29, 0.717) is 18.1 Å². The lowest BCUT2D eigenvalue weighted by atomic mass is 10.0. The van der Waals surface area contributed by atoms with Crippen LogP contribution in [0.1, 0.15) is 31.5 Å². The van der Waals surface area contributed by atoms with Gasteiger partial charge < -0.3 is 9.84 Å². The van der Waals surface area contributed by atoms with E-state index in [2.05, 4.69) is 29.0 Å². The van der Waals surface area contributed by atoms with Gasteiger partial charge in [-0.3, -0.25) is 0 Å². The molecule has 76 valence electrons. The number of hydrogen-bond donors (Lipinski definition) is 1. The molecule has 1 fully saturated rings. The minimum Gasteiger partial charge on any atom is -0.337 e. The Morgan fingerprint density at radius 2 is 2.57 bits per heavy atom. The molecule has 1 aromatic heterocycles. The quantitative estimate of drug-likeness (QED) is 0.737. The van der Waals surface area contributed by atoms with Crippen molar-refractivity contribution in [3.63, 3.8) is 0 Å². The highest BCUT2D eigenvalue weighted by atomic mass is 16.5. The van der Waals surface area contributed by atoms with E-state index in [0.717, 1.165) is 19.4 Å². The largest absolute Gasteiger partial charge is 0.337 e. The molecule has 1 saturated heterocycles. The van der Waals surface area contributed by atoms with Crippen LogP contribution in [0.2, 0.25) is 0 Å². The minimum absolute atomic E-state index is 0.119.